The second kappa shape index (κ2) is 4.12. The summed E-state index contributed by atoms with van der Waals surface area (Å²) >= 11 is 0. The topological polar surface area (TPSA) is 46.8 Å². The van der Waals surface area contributed by atoms with Gasteiger partial charge in [-0.25, -0.2) is 4.39 Å². The normalized spacial score (nSPS) is 15.5. The van der Waals surface area contributed by atoms with Crippen LogP contribution < -0.4 is 4.90 Å². The first-order valence-electron chi connectivity index (χ1n) is 5.62. The van der Waals surface area contributed by atoms with Gasteiger partial charge in [0, 0.05) is 18.8 Å². The molecule has 17 heavy (non-hydrogen) atoms. The van der Waals surface area contributed by atoms with Gasteiger partial charge in [-0.3, -0.25) is 0 Å². The predicted octanol–water partition coefficient (Wildman–Crippen LogP) is 1.40. The Balaban J connectivity index is 2.00. The predicted molar refractivity (Wildman–Crippen MR) is 60.6 cm³/mol. The highest BCUT2D eigenvalue weighted by Crippen LogP contribution is 2.24. The van der Waals surface area contributed by atoms with E-state index in [-0.39, 0.29) is 5.82 Å². The second-order valence-corrected chi connectivity index (χ2v) is 4.08. The van der Waals surface area contributed by atoms with Gasteiger partial charge in [0.25, 0.3) is 0 Å². The highest BCUT2D eigenvalue weighted by molar-refractivity contribution is 5.54. The van der Waals surface area contributed by atoms with Gasteiger partial charge in [0.2, 0.25) is 0 Å². The first-order chi connectivity index (χ1) is 8.34. The molecular weight excluding hydrogens is 221 g/mol. The summed E-state index contributed by atoms with van der Waals surface area (Å²) in [5, 5.41) is 10.8. The van der Waals surface area contributed by atoms with Crippen LogP contribution in [0.15, 0.2) is 24.5 Å². The third kappa shape index (κ3) is 1.86. The minimum Gasteiger partial charge on any atom is -0.371 e. The fourth-order valence-corrected chi connectivity index (χ4v) is 2.12. The summed E-state index contributed by atoms with van der Waals surface area (Å²) in [4.78, 5) is 2.24. The lowest BCUT2D eigenvalue weighted by molar-refractivity contribution is 0.607. The third-order valence-corrected chi connectivity index (χ3v) is 3.00. The maximum absolute atomic E-state index is 13.7. The molecule has 0 bridgehead atoms. The number of hydrogen-bond acceptors (Lipinski definition) is 4. The van der Waals surface area contributed by atoms with E-state index in [0.29, 0.717) is 5.69 Å². The largest absolute Gasteiger partial charge is 0.371 e. The van der Waals surface area contributed by atoms with Gasteiger partial charge >= 0.3 is 0 Å². The third-order valence-electron chi connectivity index (χ3n) is 3.00. The zero-order valence-electron chi connectivity index (χ0n) is 9.25. The lowest BCUT2D eigenvalue weighted by Gasteiger charge is -2.18. The van der Waals surface area contributed by atoms with E-state index in [0.717, 1.165) is 18.8 Å². The summed E-state index contributed by atoms with van der Waals surface area (Å²) in [7, 11) is 0. The fraction of sp³-hybridized carbons (Fsp3) is 0.364. The molecule has 88 valence electrons. The van der Waals surface area contributed by atoms with E-state index in [4.69, 9.17) is 0 Å². The Labute approximate surface area is 97.9 Å². The molecule has 0 unspecified atom stereocenters. The second-order valence-electron chi connectivity index (χ2n) is 4.08. The quantitative estimate of drug-likeness (QED) is 0.786. The molecule has 0 radical (unpaired) electrons. The van der Waals surface area contributed by atoms with Crippen LogP contribution in [-0.4, -0.2) is 33.3 Å². The summed E-state index contributed by atoms with van der Waals surface area (Å²) in [6.45, 7) is 2.06. The van der Waals surface area contributed by atoms with Crippen molar-refractivity contribution in [3.05, 3.63) is 30.3 Å². The number of benzene rings is 1. The molecule has 0 N–H and O–H groups in total. The number of rotatable bonds is 2. The molecule has 1 fully saturated rings. The van der Waals surface area contributed by atoms with Crippen LogP contribution >= 0.6 is 0 Å². The molecule has 1 aromatic carbocycles. The molecule has 0 saturated carbocycles. The van der Waals surface area contributed by atoms with Gasteiger partial charge in [-0.05, 0) is 41.5 Å². The number of anilines is 1. The Kier molecular flexibility index (Phi) is 2.47. The van der Waals surface area contributed by atoms with Crippen LogP contribution in [0.25, 0.3) is 5.69 Å². The number of hydrogen-bond donors (Lipinski definition) is 0. The molecule has 1 saturated heterocycles. The number of nitrogens with zero attached hydrogens (tertiary/aromatic N) is 5. The monoisotopic (exact) mass is 233 g/mol. The van der Waals surface area contributed by atoms with E-state index in [2.05, 4.69) is 20.4 Å². The summed E-state index contributed by atoms with van der Waals surface area (Å²) in [5.74, 6) is -0.319. The van der Waals surface area contributed by atoms with Crippen molar-refractivity contribution in [2.75, 3.05) is 18.0 Å². The standard InChI is InChI=1S/C11H12FN5/c12-10-4-3-9(16-5-1-2-6-16)7-11(10)17-8-13-14-15-17/h3-4,7-8H,1-2,5-6H2. The van der Waals surface area contributed by atoms with Gasteiger partial charge < -0.3 is 4.90 Å². The van der Waals surface area contributed by atoms with E-state index in [9.17, 15) is 4.39 Å². The first-order valence-corrected chi connectivity index (χ1v) is 5.62. The smallest absolute Gasteiger partial charge is 0.149 e. The van der Waals surface area contributed by atoms with E-state index in [1.165, 1.54) is 29.9 Å². The highest BCUT2D eigenvalue weighted by Gasteiger charge is 2.15. The molecule has 5 nitrogen and oxygen atoms in total. The van der Waals surface area contributed by atoms with E-state index < -0.39 is 0 Å². The molecule has 3 rings (SSSR count). The SMILES string of the molecule is Fc1ccc(N2CCCC2)cc1-n1cnnn1. The van der Waals surface area contributed by atoms with Crippen molar-refractivity contribution in [3.8, 4) is 5.69 Å². The van der Waals surface area contributed by atoms with E-state index in [1.807, 2.05) is 0 Å². The fourth-order valence-electron chi connectivity index (χ4n) is 2.12. The van der Waals surface area contributed by atoms with Gasteiger partial charge in [0.15, 0.2) is 0 Å². The highest BCUT2D eigenvalue weighted by atomic mass is 19.1. The molecule has 1 aromatic heterocycles. The number of aromatic nitrogens is 4. The van der Waals surface area contributed by atoms with Crippen LogP contribution in [0.1, 0.15) is 12.8 Å². The minimum atomic E-state index is -0.319. The Hall–Kier alpha value is -1.98. The van der Waals surface area contributed by atoms with Crippen LogP contribution in [0.3, 0.4) is 0 Å². The molecular formula is C11H12FN5. The van der Waals surface area contributed by atoms with Crippen molar-refractivity contribution < 1.29 is 4.39 Å². The molecule has 0 aliphatic carbocycles. The zero-order chi connectivity index (χ0) is 11.7. The lowest BCUT2D eigenvalue weighted by Crippen LogP contribution is -2.18. The van der Waals surface area contributed by atoms with Crippen molar-refractivity contribution in [1.29, 1.82) is 0 Å². The molecule has 0 spiro atoms. The lowest BCUT2D eigenvalue weighted by atomic mass is 10.2. The van der Waals surface area contributed by atoms with Crippen molar-refractivity contribution in [2.24, 2.45) is 0 Å². The number of tetrazole rings is 1. The van der Waals surface area contributed by atoms with Gasteiger partial charge in [-0.2, -0.15) is 4.68 Å². The van der Waals surface area contributed by atoms with Gasteiger partial charge in [0.1, 0.15) is 17.8 Å². The van der Waals surface area contributed by atoms with Gasteiger partial charge in [-0.15, -0.1) is 5.10 Å². The van der Waals surface area contributed by atoms with Crippen LogP contribution in [0.5, 0.6) is 0 Å². The zero-order valence-corrected chi connectivity index (χ0v) is 9.25. The Bertz CT molecular complexity index is 505. The van der Waals surface area contributed by atoms with Crippen molar-refractivity contribution in [3.63, 3.8) is 0 Å². The first kappa shape index (κ1) is 10.2. The molecule has 0 atom stereocenters. The van der Waals surface area contributed by atoms with Crippen LogP contribution in [0.4, 0.5) is 10.1 Å². The maximum atomic E-state index is 13.7. The van der Waals surface area contributed by atoms with Gasteiger partial charge in [-0.1, -0.05) is 0 Å². The summed E-state index contributed by atoms with van der Waals surface area (Å²) < 4.78 is 15.0. The van der Waals surface area contributed by atoms with Crippen molar-refractivity contribution in [2.45, 2.75) is 12.8 Å². The Morgan fingerprint density at radius 3 is 2.71 bits per heavy atom. The Morgan fingerprint density at radius 2 is 2.00 bits per heavy atom. The number of halogens is 1. The average Bonchev–Trinajstić information content (AvgIpc) is 3.03. The van der Waals surface area contributed by atoms with E-state index >= 15 is 0 Å². The van der Waals surface area contributed by atoms with Crippen LogP contribution in [0, 0.1) is 5.82 Å². The molecule has 0 amide bonds. The Morgan fingerprint density at radius 1 is 1.18 bits per heavy atom. The van der Waals surface area contributed by atoms with Crippen LogP contribution in [0.2, 0.25) is 0 Å². The van der Waals surface area contributed by atoms with Crippen LogP contribution in [-0.2, 0) is 0 Å². The summed E-state index contributed by atoms with van der Waals surface area (Å²) in [6, 6.07) is 5.05. The molecule has 2 heterocycles. The average molecular weight is 233 g/mol. The van der Waals surface area contributed by atoms with Crippen molar-refractivity contribution >= 4 is 5.69 Å². The summed E-state index contributed by atoms with van der Waals surface area (Å²) in [6.07, 6.45) is 3.78. The van der Waals surface area contributed by atoms with Gasteiger partial charge in [0.05, 0.1) is 0 Å². The van der Waals surface area contributed by atoms with E-state index in [1.54, 1.807) is 12.1 Å². The molecule has 1 aliphatic rings. The molecule has 2 aromatic rings. The molecule has 1 aliphatic heterocycles. The van der Waals surface area contributed by atoms with Crippen molar-refractivity contribution in [1.82, 2.24) is 20.2 Å². The molecule has 6 heteroatoms. The minimum absolute atomic E-state index is 0.319. The summed E-state index contributed by atoms with van der Waals surface area (Å²) in [5.41, 5.74) is 1.41. The maximum Gasteiger partial charge on any atom is 0.149 e.